The number of halogens is 2. The maximum atomic E-state index is 13.4. The molecule has 6 nitrogen and oxygen atoms in total. The Morgan fingerprint density at radius 2 is 2.21 bits per heavy atom. The van der Waals surface area contributed by atoms with Gasteiger partial charge in [0.2, 0.25) is 21.7 Å². The van der Waals surface area contributed by atoms with Gasteiger partial charge >= 0.3 is 0 Å². The van der Waals surface area contributed by atoms with E-state index in [2.05, 4.69) is 10.1 Å². The summed E-state index contributed by atoms with van der Waals surface area (Å²) in [5, 5.41) is 7.67. The minimum absolute atomic E-state index is 0.00270. The van der Waals surface area contributed by atoms with Crippen LogP contribution in [0.15, 0.2) is 44.4 Å². The lowest BCUT2D eigenvalue weighted by Crippen LogP contribution is -2.40. The van der Waals surface area contributed by atoms with Gasteiger partial charge in [-0.25, -0.2) is 12.8 Å². The predicted octanol–water partition coefficient (Wildman–Crippen LogP) is 4.23. The second kappa shape index (κ2) is 7.90. The Morgan fingerprint density at radius 3 is 2.96 bits per heavy atom. The fraction of sp³-hybridized carbons (Fsp3) is 0.333. The number of sulfonamides is 1. The molecule has 1 saturated heterocycles. The van der Waals surface area contributed by atoms with Crippen LogP contribution in [0.1, 0.15) is 18.7 Å². The lowest BCUT2D eigenvalue weighted by molar-refractivity contribution is 0.247. The van der Waals surface area contributed by atoms with Crippen LogP contribution in [-0.2, 0) is 16.4 Å². The van der Waals surface area contributed by atoms with Crippen LogP contribution in [-0.4, -0.2) is 36.0 Å². The van der Waals surface area contributed by atoms with Crippen LogP contribution in [0.3, 0.4) is 0 Å². The molecular formula is C18H17ClFN3O3S2. The standard InChI is InChI=1S/C18H17ClFN3O3S2/c19-15-9-14(3-4-16(15)20)28(24,25)23-6-1-2-12(10-23)8-17-21-18(22-26-17)13-5-7-27-11-13/h3-5,7,9,11-12H,1-2,6,8,10H2/t12-/m0/s1. The van der Waals surface area contributed by atoms with Crippen LogP contribution < -0.4 is 0 Å². The van der Waals surface area contributed by atoms with Gasteiger partial charge in [-0.3, -0.25) is 0 Å². The Hall–Kier alpha value is -1.81. The Kier molecular flexibility index (Phi) is 5.50. The van der Waals surface area contributed by atoms with Gasteiger partial charge in [0.1, 0.15) is 5.82 Å². The summed E-state index contributed by atoms with van der Waals surface area (Å²) in [5.74, 6) is 0.456. The molecule has 1 fully saturated rings. The van der Waals surface area contributed by atoms with Crippen molar-refractivity contribution in [3.8, 4) is 11.4 Å². The molecule has 0 aliphatic carbocycles. The first-order valence-corrected chi connectivity index (χ1v) is 11.5. The van der Waals surface area contributed by atoms with Gasteiger partial charge in [-0.1, -0.05) is 16.8 Å². The maximum absolute atomic E-state index is 13.4. The number of nitrogens with zero attached hydrogens (tertiary/aromatic N) is 3. The normalized spacial score (nSPS) is 18.4. The van der Waals surface area contributed by atoms with Crippen LogP contribution >= 0.6 is 22.9 Å². The Morgan fingerprint density at radius 1 is 1.36 bits per heavy atom. The van der Waals surface area contributed by atoms with Gasteiger partial charge in [0.25, 0.3) is 0 Å². The molecule has 0 saturated carbocycles. The van der Waals surface area contributed by atoms with Gasteiger partial charge in [-0.15, -0.1) is 0 Å². The quantitative estimate of drug-likeness (QED) is 0.592. The van der Waals surface area contributed by atoms with Crippen molar-refractivity contribution in [1.82, 2.24) is 14.4 Å². The SMILES string of the molecule is O=S(=O)(c1ccc(F)c(Cl)c1)N1CCC[C@@H](Cc2nc(-c3ccsc3)no2)C1. The highest BCUT2D eigenvalue weighted by atomic mass is 35.5. The fourth-order valence-corrected chi connectivity index (χ4v) is 5.75. The van der Waals surface area contributed by atoms with Gasteiger partial charge in [-0.2, -0.15) is 20.6 Å². The minimum atomic E-state index is -3.74. The van der Waals surface area contributed by atoms with E-state index in [9.17, 15) is 12.8 Å². The molecule has 1 aliphatic rings. The van der Waals surface area contributed by atoms with Crippen molar-refractivity contribution in [3.05, 3.63) is 51.8 Å². The molecule has 0 spiro atoms. The number of thiophene rings is 1. The number of rotatable bonds is 5. The fourth-order valence-electron chi connectivity index (χ4n) is 3.29. The molecule has 1 aliphatic heterocycles. The molecule has 28 heavy (non-hydrogen) atoms. The van der Waals surface area contributed by atoms with Crippen molar-refractivity contribution < 1.29 is 17.3 Å². The summed E-state index contributed by atoms with van der Waals surface area (Å²) in [4.78, 5) is 4.41. The van der Waals surface area contributed by atoms with E-state index in [4.69, 9.17) is 16.1 Å². The van der Waals surface area contributed by atoms with Crippen molar-refractivity contribution >= 4 is 33.0 Å². The first-order valence-electron chi connectivity index (χ1n) is 8.74. The van der Waals surface area contributed by atoms with Gasteiger partial charge < -0.3 is 4.52 Å². The lowest BCUT2D eigenvalue weighted by atomic mass is 9.96. The molecule has 0 N–H and O–H groups in total. The largest absolute Gasteiger partial charge is 0.339 e. The van der Waals surface area contributed by atoms with E-state index in [0.717, 1.165) is 30.5 Å². The maximum Gasteiger partial charge on any atom is 0.243 e. The molecule has 0 radical (unpaired) electrons. The van der Waals surface area contributed by atoms with Crippen LogP contribution in [0.5, 0.6) is 0 Å². The summed E-state index contributed by atoms with van der Waals surface area (Å²) in [5.41, 5.74) is 0.904. The molecule has 3 heterocycles. The minimum Gasteiger partial charge on any atom is -0.339 e. The average Bonchev–Trinajstić information content (AvgIpc) is 3.36. The second-order valence-corrected chi connectivity index (χ2v) is 9.80. The third-order valence-corrected chi connectivity index (χ3v) is 7.56. The molecule has 0 amide bonds. The van der Waals surface area contributed by atoms with Gasteiger partial charge in [-0.05, 0) is 48.4 Å². The van der Waals surface area contributed by atoms with Gasteiger partial charge in [0.15, 0.2) is 0 Å². The summed E-state index contributed by atoms with van der Waals surface area (Å²) in [6.07, 6.45) is 2.10. The highest BCUT2D eigenvalue weighted by Crippen LogP contribution is 2.28. The van der Waals surface area contributed by atoms with Gasteiger partial charge in [0, 0.05) is 30.5 Å². The molecule has 0 bridgehead atoms. The monoisotopic (exact) mass is 441 g/mol. The van der Waals surface area contributed by atoms with Crippen molar-refractivity contribution in [3.63, 3.8) is 0 Å². The molecule has 2 aromatic heterocycles. The van der Waals surface area contributed by atoms with E-state index in [-0.39, 0.29) is 15.8 Å². The van der Waals surface area contributed by atoms with Crippen LogP contribution in [0.4, 0.5) is 4.39 Å². The van der Waals surface area contributed by atoms with Crippen LogP contribution in [0.2, 0.25) is 5.02 Å². The number of aromatic nitrogens is 2. The second-order valence-electron chi connectivity index (χ2n) is 6.68. The third kappa shape index (κ3) is 3.98. The van der Waals surface area contributed by atoms with Crippen molar-refractivity contribution in [2.45, 2.75) is 24.2 Å². The Labute approximate surface area is 171 Å². The summed E-state index contributed by atoms with van der Waals surface area (Å²) in [6.45, 7) is 0.755. The highest BCUT2D eigenvalue weighted by molar-refractivity contribution is 7.89. The molecule has 1 atom stereocenters. The summed E-state index contributed by atoms with van der Waals surface area (Å²) in [7, 11) is -3.74. The zero-order valence-electron chi connectivity index (χ0n) is 14.7. The zero-order chi connectivity index (χ0) is 19.7. The predicted molar refractivity (Wildman–Crippen MR) is 104 cm³/mol. The number of hydrogen-bond acceptors (Lipinski definition) is 6. The third-order valence-electron chi connectivity index (χ3n) is 4.72. The molecule has 0 unspecified atom stereocenters. The smallest absolute Gasteiger partial charge is 0.243 e. The van der Waals surface area contributed by atoms with E-state index < -0.39 is 15.8 Å². The molecule has 1 aromatic carbocycles. The molecule has 4 rings (SSSR count). The molecule has 148 valence electrons. The number of benzene rings is 1. The lowest BCUT2D eigenvalue weighted by Gasteiger charge is -2.31. The van der Waals surface area contributed by atoms with Gasteiger partial charge in [0.05, 0.1) is 9.92 Å². The average molecular weight is 442 g/mol. The Balaban J connectivity index is 1.47. The molecule has 10 heteroatoms. The summed E-state index contributed by atoms with van der Waals surface area (Å²) < 4.78 is 45.9. The van der Waals surface area contributed by atoms with E-state index >= 15 is 0 Å². The highest BCUT2D eigenvalue weighted by Gasteiger charge is 2.31. The van der Waals surface area contributed by atoms with E-state index in [1.54, 1.807) is 11.3 Å². The van der Waals surface area contributed by atoms with E-state index in [1.807, 2.05) is 16.8 Å². The van der Waals surface area contributed by atoms with E-state index in [0.29, 0.717) is 31.2 Å². The zero-order valence-corrected chi connectivity index (χ0v) is 17.1. The topological polar surface area (TPSA) is 76.3 Å². The van der Waals surface area contributed by atoms with Crippen molar-refractivity contribution in [2.75, 3.05) is 13.1 Å². The first-order chi connectivity index (χ1) is 13.4. The summed E-state index contributed by atoms with van der Waals surface area (Å²) >= 11 is 7.31. The van der Waals surface area contributed by atoms with Crippen molar-refractivity contribution in [2.24, 2.45) is 5.92 Å². The van der Waals surface area contributed by atoms with E-state index in [1.165, 1.54) is 10.4 Å². The molecular weight excluding hydrogens is 425 g/mol. The summed E-state index contributed by atoms with van der Waals surface area (Å²) in [6, 6.07) is 5.38. The van der Waals surface area contributed by atoms with Crippen molar-refractivity contribution in [1.29, 1.82) is 0 Å². The Bertz CT molecular complexity index is 1070. The molecule has 3 aromatic rings. The number of piperidine rings is 1. The first kappa shape index (κ1) is 19.5. The van der Waals surface area contributed by atoms with Crippen LogP contribution in [0, 0.1) is 11.7 Å². The van der Waals surface area contributed by atoms with Crippen LogP contribution in [0.25, 0.3) is 11.4 Å². The number of hydrogen-bond donors (Lipinski definition) is 0.